The summed E-state index contributed by atoms with van der Waals surface area (Å²) in [5.41, 5.74) is 2.30. The summed E-state index contributed by atoms with van der Waals surface area (Å²) in [5, 5.41) is 1.52. The summed E-state index contributed by atoms with van der Waals surface area (Å²) in [6.07, 6.45) is 0.813. The monoisotopic (exact) mass is 205 g/mol. The van der Waals surface area contributed by atoms with E-state index >= 15 is 0 Å². The van der Waals surface area contributed by atoms with Crippen LogP contribution in [-0.4, -0.2) is 11.3 Å². The summed E-state index contributed by atoms with van der Waals surface area (Å²) in [6, 6.07) is 7.17. The quantitative estimate of drug-likeness (QED) is 0.670. The van der Waals surface area contributed by atoms with Crippen LogP contribution in [-0.2, 0) is 0 Å². The number of carbonyl (C=O) groups excluding carboxylic acids is 1. The van der Waals surface area contributed by atoms with Crippen LogP contribution >= 0.6 is 11.6 Å². The van der Waals surface area contributed by atoms with Gasteiger partial charge < -0.3 is 0 Å². The fourth-order valence-corrected chi connectivity index (χ4v) is 1.50. The van der Waals surface area contributed by atoms with Crippen LogP contribution in [0.1, 0.15) is 16.1 Å². The molecule has 14 heavy (non-hydrogen) atoms. The van der Waals surface area contributed by atoms with Crippen LogP contribution in [0.2, 0.25) is 5.02 Å². The number of aromatic nitrogens is 1. The maximum absolute atomic E-state index is 10.5. The van der Waals surface area contributed by atoms with E-state index in [2.05, 4.69) is 4.98 Å². The van der Waals surface area contributed by atoms with E-state index in [4.69, 9.17) is 11.6 Å². The van der Waals surface area contributed by atoms with E-state index in [0.717, 1.165) is 22.9 Å². The summed E-state index contributed by atoms with van der Waals surface area (Å²) >= 11 is 5.93. The molecule has 0 unspecified atom stereocenters. The number of aldehydes is 1. The lowest BCUT2D eigenvalue weighted by Crippen LogP contribution is -1.87. The molecule has 3 heteroatoms. The summed E-state index contributed by atoms with van der Waals surface area (Å²) in [7, 11) is 0. The topological polar surface area (TPSA) is 30.0 Å². The van der Waals surface area contributed by atoms with Crippen LogP contribution < -0.4 is 0 Å². The first-order valence-electron chi connectivity index (χ1n) is 4.23. The molecule has 0 fully saturated rings. The Morgan fingerprint density at radius 2 is 2.14 bits per heavy atom. The van der Waals surface area contributed by atoms with Crippen molar-refractivity contribution in [3.8, 4) is 0 Å². The van der Waals surface area contributed by atoms with Crippen molar-refractivity contribution < 1.29 is 4.79 Å². The number of hydrogen-bond donors (Lipinski definition) is 0. The van der Waals surface area contributed by atoms with Gasteiger partial charge >= 0.3 is 0 Å². The van der Waals surface area contributed by atoms with Crippen LogP contribution in [0.3, 0.4) is 0 Å². The van der Waals surface area contributed by atoms with Gasteiger partial charge in [-0.25, -0.2) is 0 Å². The molecule has 1 aromatic heterocycles. The highest BCUT2D eigenvalue weighted by Gasteiger charge is 2.01. The molecule has 0 atom stereocenters. The van der Waals surface area contributed by atoms with Gasteiger partial charge in [0.2, 0.25) is 0 Å². The van der Waals surface area contributed by atoms with Gasteiger partial charge in [-0.3, -0.25) is 9.78 Å². The standard InChI is InChI=1S/C11H8ClNO/c1-7-10(12)5-9-4-8(6-14)2-3-11(9)13-7/h2-6H,1H3. The third kappa shape index (κ3) is 1.49. The first kappa shape index (κ1) is 9.16. The molecule has 0 saturated carbocycles. The maximum atomic E-state index is 10.5. The number of pyridine rings is 1. The molecule has 1 heterocycles. The number of benzene rings is 1. The van der Waals surface area contributed by atoms with Gasteiger partial charge in [-0.2, -0.15) is 0 Å². The average Bonchev–Trinajstić information content (AvgIpc) is 2.19. The summed E-state index contributed by atoms with van der Waals surface area (Å²) < 4.78 is 0. The molecule has 0 amide bonds. The first-order chi connectivity index (χ1) is 6.70. The molecule has 2 rings (SSSR count). The van der Waals surface area contributed by atoms with Crippen molar-refractivity contribution in [3.63, 3.8) is 0 Å². The molecule has 0 N–H and O–H groups in total. The third-order valence-corrected chi connectivity index (χ3v) is 2.49. The number of aryl methyl sites for hydroxylation is 1. The molecule has 2 nitrogen and oxygen atoms in total. The fraction of sp³-hybridized carbons (Fsp3) is 0.0909. The van der Waals surface area contributed by atoms with Crippen molar-refractivity contribution in [3.05, 3.63) is 40.5 Å². The Hall–Kier alpha value is -1.41. The molecule has 70 valence electrons. The predicted molar refractivity (Wildman–Crippen MR) is 56.9 cm³/mol. The van der Waals surface area contributed by atoms with Crippen molar-refractivity contribution >= 4 is 28.8 Å². The zero-order valence-corrected chi connectivity index (χ0v) is 8.38. The number of nitrogens with zero attached hydrogens (tertiary/aromatic N) is 1. The van der Waals surface area contributed by atoms with Crippen LogP contribution in [0.5, 0.6) is 0 Å². The second-order valence-corrected chi connectivity index (χ2v) is 3.53. The maximum Gasteiger partial charge on any atom is 0.150 e. The van der Waals surface area contributed by atoms with Gasteiger partial charge in [-0.15, -0.1) is 0 Å². The van der Waals surface area contributed by atoms with E-state index < -0.39 is 0 Å². The molecular weight excluding hydrogens is 198 g/mol. The number of hydrogen-bond acceptors (Lipinski definition) is 2. The second kappa shape index (κ2) is 3.39. The van der Waals surface area contributed by atoms with E-state index in [-0.39, 0.29) is 0 Å². The number of rotatable bonds is 1. The van der Waals surface area contributed by atoms with Crippen molar-refractivity contribution in [2.45, 2.75) is 6.92 Å². The number of fused-ring (bicyclic) bond motifs is 1. The molecule has 1 aromatic carbocycles. The van der Waals surface area contributed by atoms with Gasteiger partial charge in [-0.05, 0) is 31.2 Å². The van der Waals surface area contributed by atoms with E-state index in [9.17, 15) is 4.79 Å². The Morgan fingerprint density at radius 3 is 2.86 bits per heavy atom. The molecule has 0 aliphatic heterocycles. The zero-order chi connectivity index (χ0) is 10.1. The van der Waals surface area contributed by atoms with Crippen molar-refractivity contribution in [2.75, 3.05) is 0 Å². The smallest absolute Gasteiger partial charge is 0.150 e. The van der Waals surface area contributed by atoms with Gasteiger partial charge in [0.15, 0.2) is 0 Å². The van der Waals surface area contributed by atoms with Gasteiger partial charge in [0, 0.05) is 10.9 Å². The molecule has 0 spiro atoms. The van der Waals surface area contributed by atoms with Crippen molar-refractivity contribution in [2.24, 2.45) is 0 Å². The summed E-state index contributed by atoms with van der Waals surface area (Å²) in [5.74, 6) is 0. The lowest BCUT2D eigenvalue weighted by Gasteiger charge is -2.01. The Labute approximate surface area is 86.5 Å². The second-order valence-electron chi connectivity index (χ2n) is 3.13. The number of halogens is 1. The molecule has 0 bridgehead atoms. The predicted octanol–water partition coefficient (Wildman–Crippen LogP) is 3.01. The minimum atomic E-state index is 0.626. The SMILES string of the molecule is Cc1nc2ccc(C=O)cc2cc1Cl. The Bertz CT molecular complexity index is 508. The van der Waals surface area contributed by atoms with Crippen LogP contribution in [0, 0.1) is 6.92 Å². The highest BCUT2D eigenvalue weighted by molar-refractivity contribution is 6.31. The van der Waals surface area contributed by atoms with Gasteiger partial charge in [0.05, 0.1) is 16.2 Å². The van der Waals surface area contributed by atoms with E-state index in [1.54, 1.807) is 12.1 Å². The van der Waals surface area contributed by atoms with E-state index in [1.165, 1.54) is 0 Å². The first-order valence-corrected chi connectivity index (χ1v) is 4.60. The van der Waals surface area contributed by atoms with Crippen LogP contribution in [0.15, 0.2) is 24.3 Å². The Morgan fingerprint density at radius 1 is 1.36 bits per heavy atom. The normalized spacial score (nSPS) is 10.4. The summed E-state index contributed by atoms with van der Waals surface area (Å²) in [4.78, 5) is 14.9. The minimum absolute atomic E-state index is 0.626. The molecule has 0 aliphatic carbocycles. The largest absolute Gasteiger partial charge is 0.298 e. The molecule has 0 aliphatic rings. The lowest BCUT2D eigenvalue weighted by molar-refractivity contribution is 0.112. The Balaban J connectivity index is 2.76. The number of carbonyl (C=O) groups is 1. The Kier molecular flexibility index (Phi) is 2.22. The van der Waals surface area contributed by atoms with Crippen LogP contribution in [0.25, 0.3) is 10.9 Å². The van der Waals surface area contributed by atoms with E-state index in [0.29, 0.717) is 10.6 Å². The van der Waals surface area contributed by atoms with Crippen molar-refractivity contribution in [1.29, 1.82) is 0 Å². The third-order valence-electron chi connectivity index (χ3n) is 2.10. The van der Waals surface area contributed by atoms with Crippen molar-refractivity contribution in [1.82, 2.24) is 4.98 Å². The highest BCUT2D eigenvalue weighted by Crippen LogP contribution is 2.20. The molecule has 0 saturated heterocycles. The van der Waals surface area contributed by atoms with Gasteiger partial charge in [0.1, 0.15) is 6.29 Å². The molecule has 0 radical (unpaired) electrons. The minimum Gasteiger partial charge on any atom is -0.298 e. The van der Waals surface area contributed by atoms with Gasteiger partial charge in [-0.1, -0.05) is 11.6 Å². The van der Waals surface area contributed by atoms with Gasteiger partial charge in [0.25, 0.3) is 0 Å². The van der Waals surface area contributed by atoms with Crippen LogP contribution in [0.4, 0.5) is 0 Å². The lowest BCUT2D eigenvalue weighted by atomic mass is 10.1. The molecule has 2 aromatic rings. The highest BCUT2D eigenvalue weighted by atomic mass is 35.5. The van der Waals surface area contributed by atoms with E-state index in [1.807, 2.05) is 19.1 Å². The molecular formula is C11H8ClNO. The summed E-state index contributed by atoms with van der Waals surface area (Å²) in [6.45, 7) is 1.86. The zero-order valence-electron chi connectivity index (χ0n) is 7.62. The average molecular weight is 206 g/mol. The fourth-order valence-electron chi connectivity index (χ4n) is 1.34.